The van der Waals surface area contributed by atoms with Crippen molar-refractivity contribution in [2.75, 3.05) is 19.5 Å². The summed E-state index contributed by atoms with van der Waals surface area (Å²) >= 11 is 0. The number of nitrogens with one attached hydrogen (secondary N) is 2. The molecule has 2 aromatic carbocycles. The van der Waals surface area contributed by atoms with Gasteiger partial charge in [0.1, 0.15) is 5.82 Å². The topological polar surface area (TPSA) is 131 Å². The fourth-order valence-electron chi connectivity index (χ4n) is 3.22. The van der Waals surface area contributed by atoms with Crippen molar-refractivity contribution in [3.8, 4) is 11.5 Å². The van der Waals surface area contributed by atoms with Crippen LogP contribution in [0.25, 0.3) is 0 Å². The second-order valence-electron chi connectivity index (χ2n) is 6.79. The summed E-state index contributed by atoms with van der Waals surface area (Å²) in [6, 6.07) is 6.58. The summed E-state index contributed by atoms with van der Waals surface area (Å²) in [5, 5.41) is 14.8. The summed E-state index contributed by atoms with van der Waals surface area (Å²) < 4.78 is 49.2. The Kier molecular flexibility index (Phi) is 6.68. The smallest absolute Gasteiger partial charge is 0.338 e. The summed E-state index contributed by atoms with van der Waals surface area (Å²) in [6.45, 7) is 1.60. The van der Waals surface area contributed by atoms with Crippen LogP contribution in [-0.2, 0) is 19.4 Å². The van der Waals surface area contributed by atoms with Crippen LogP contribution in [0.4, 0.5) is 9.18 Å². The first kappa shape index (κ1) is 23.1. The van der Waals surface area contributed by atoms with E-state index in [1.165, 1.54) is 25.3 Å². The van der Waals surface area contributed by atoms with Gasteiger partial charge in [-0.2, -0.15) is 0 Å². The van der Waals surface area contributed by atoms with Gasteiger partial charge in [-0.15, -0.1) is 0 Å². The molecule has 0 spiro atoms. The van der Waals surface area contributed by atoms with Gasteiger partial charge in [-0.05, 0) is 48.9 Å². The van der Waals surface area contributed by atoms with E-state index >= 15 is 0 Å². The van der Waals surface area contributed by atoms with Gasteiger partial charge in [-0.1, -0.05) is 6.07 Å². The van der Waals surface area contributed by atoms with Crippen molar-refractivity contribution in [3.63, 3.8) is 0 Å². The quantitative estimate of drug-likeness (QED) is 0.423. The van der Waals surface area contributed by atoms with E-state index in [4.69, 9.17) is 9.47 Å². The van der Waals surface area contributed by atoms with Gasteiger partial charge in [-0.25, -0.2) is 22.4 Å². The minimum Gasteiger partial charge on any atom is -0.504 e. The first-order valence-electron chi connectivity index (χ1n) is 9.49. The van der Waals surface area contributed by atoms with Crippen LogP contribution < -0.4 is 15.4 Å². The number of phenols is 1. The lowest BCUT2D eigenvalue weighted by molar-refractivity contribution is -0.139. The zero-order valence-corrected chi connectivity index (χ0v) is 18.0. The Balaban J connectivity index is 2.12. The summed E-state index contributed by atoms with van der Waals surface area (Å²) in [7, 11) is -2.71. The maximum atomic E-state index is 13.2. The number of amides is 2. The molecular weight excluding hydrogens is 443 g/mol. The molecule has 1 atom stereocenters. The molecule has 170 valence electrons. The van der Waals surface area contributed by atoms with E-state index in [9.17, 15) is 27.5 Å². The molecule has 3 rings (SSSR count). The molecule has 11 heteroatoms. The molecule has 0 saturated carbocycles. The van der Waals surface area contributed by atoms with E-state index in [2.05, 4.69) is 10.6 Å². The van der Waals surface area contributed by atoms with Crippen LogP contribution in [0.5, 0.6) is 11.5 Å². The molecule has 1 unspecified atom stereocenters. The molecule has 9 nitrogen and oxygen atoms in total. The summed E-state index contributed by atoms with van der Waals surface area (Å²) in [4.78, 5) is 25.0. The van der Waals surface area contributed by atoms with E-state index in [1.807, 2.05) is 0 Å². The lowest BCUT2D eigenvalue weighted by Crippen LogP contribution is -2.47. The molecule has 0 bridgehead atoms. The molecule has 3 N–H and O–H groups in total. The van der Waals surface area contributed by atoms with Gasteiger partial charge in [0.05, 0.1) is 36.0 Å². The highest BCUT2D eigenvalue weighted by molar-refractivity contribution is 7.91. The van der Waals surface area contributed by atoms with Crippen molar-refractivity contribution < 1.29 is 37.0 Å². The number of halogens is 1. The van der Waals surface area contributed by atoms with Crippen LogP contribution in [0.15, 0.2) is 58.6 Å². The maximum absolute atomic E-state index is 13.2. The molecule has 2 amide bonds. The molecule has 1 aliphatic rings. The van der Waals surface area contributed by atoms with E-state index in [-0.39, 0.29) is 34.3 Å². The number of esters is 1. The highest BCUT2D eigenvalue weighted by atomic mass is 32.2. The van der Waals surface area contributed by atoms with E-state index in [0.29, 0.717) is 5.56 Å². The Hall–Kier alpha value is -3.60. The van der Waals surface area contributed by atoms with Crippen LogP contribution in [0, 0.1) is 5.82 Å². The Labute approximate surface area is 183 Å². The molecule has 0 saturated heterocycles. The predicted octanol–water partition coefficient (Wildman–Crippen LogP) is 2.18. The summed E-state index contributed by atoms with van der Waals surface area (Å²) in [5.74, 6) is -2.23. The number of rotatable bonds is 7. The maximum Gasteiger partial charge on any atom is 0.338 e. The first-order valence-corrected chi connectivity index (χ1v) is 11.1. The predicted molar refractivity (Wildman–Crippen MR) is 111 cm³/mol. The van der Waals surface area contributed by atoms with Gasteiger partial charge < -0.3 is 25.2 Å². The molecular formula is C21H21FN2O7S. The third-order valence-corrected chi connectivity index (χ3v) is 6.35. The number of hydrogen-bond acceptors (Lipinski definition) is 7. The van der Waals surface area contributed by atoms with Crippen molar-refractivity contribution in [1.82, 2.24) is 10.6 Å². The SMILES string of the molecule is CCOC(=O)C1=C(CS(=O)(=O)c2ccc(F)cc2)NC(=O)NC1c1ccc(O)c(OC)c1. The van der Waals surface area contributed by atoms with Gasteiger partial charge in [-0.3, -0.25) is 0 Å². The zero-order chi connectivity index (χ0) is 23.5. The molecule has 2 aromatic rings. The van der Waals surface area contributed by atoms with Crippen molar-refractivity contribution in [2.45, 2.75) is 17.9 Å². The standard InChI is InChI=1S/C21H21FN2O7S/c1-3-31-20(26)18-15(11-32(28,29)14-7-5-13(22)6-8-14)23-21(27)24-19(18)12-4-9-16(25)17(10-12)30-2/h4-10,19,25H,3,11H2,1-2H3,(H2,23,24,27). The number of methoxy groups -OCH3 is 1. The van der Waals surface area contributed by atoms with Crippen molar-refractivity contribution >= 4 is 21.8 Å². The highest BCUT2D eigenvalue weighted by Crippen LogP contribution is 2.34. The zero-order valence-electron chi connectivity index (χ0n) is 17.2. The van der Waals surface area contributed by atoms with Gasteiger partial charge in [0, 0.05) is 5.70 Å². The van der Waals surface area contributed by atoms with Crippen LogP contribution in [0.2, 0.25) is 0 Å². The lowest BCUT2D eigenvalue weighted by atomic mass is 9.95. The van der Waals surface area contributed by atoms with Gasteiger partial charge in [0.15, 0.2) is 21.3 Å². The average molecular weight is 464 g/mol. The number of hydrogen-bond donors (Lipinski definition) is 3. The fourth-order valence-corrected chi connectivity index (χ4v) is 4.55. The van der Waals surface area contributed by atoms with Crippen molar-refractivity contribution in [3.05, 3.63) is 65.1 Å². The molecule has 32 heavy (non-hydrogen) atoms. The van der Waals surface area contributed by atoms with Crippen LogP contribution >= 0.6 is 0 Å². The summed E-state index contributed by atoms with van der Waals surface area (Å²) in [5.41, 5.74) is 0.0627. The molecule has 0 aromatic heterocycles. The third kappa shape index (κ3) is 4.83. The highest BCUT2D eigenvalue weighted by Gasteiger charge is 2.36. The molecule has 0 fully saturated rings. The number of carbonyl (C=O) groups is 2. The van der Waals surface area contributed by atoms with E-state index in [0.717, 1.165) is 24.3 Å². The second-order valence-corrected chi connectivity index (χ2v) is 8.78. The molecule has 1 aliphatic heterocycles. The fraction of sp³-hybridized carbons (Fsp3) is 0.238. The van der Waals surface area contributed by atoms with Crippen molar-refractivity contribution in [2.24, 2.45) is 0 Å². The average Bonchev–Trinajstić information content (AvgIpc) is 2.73. The number of urea groups is 1. The lowest BCUT2D eigenvalue weighted by Gasteiger charge is -2.29. The second kappa shape index (κ2) is 9.27. The monoisotopic (exact) mass is 464 g/mol. The van der Waals surface area contributed by atoms with Crippen LogP contribution in [0.1, 0.15) is 18.5 Å². The number of benzene rings is 2. The minimum absolute atomic E-state index is 0.0138. The largest absolute Gasteiger partial charge is 0.504 e. The Morgan fingerprint density at radius 3 is 2.50 bits per heavy atom. The van der Waals surface area contributed by atoms with Gasteiger partial charge in [0.25, 0.3) is 0 Å². The number of phenolic OH excluding ortho intramolecular Hbond substituents is 1. The number of carbonyl (C=O) groups excluding carboxylic acids is 2. The first-order chi connectivity index (χ1) is 15.2. The van der Waals surface area contributed by atoms with E-state index < -0.39 is 39.4 Å². The normalized spacial score (nSPS) is 16.2. The van der Waals surface area contributed by atoms with Crippen LogP contribution in [0.3, 0.4) is 0 Å². The third-order valence-electron chi connectivity index (χ3n) is 4.69. The van der Waals surface area contributed by atoms with E-state index in [1.54, 1.807) is 6.92 Å². The van der Waals surface area contributed by atoms with Gasteiger partial charge in [0.2, 0.25) is 0 Å². The van der Waals surface area contributed by atoms with Crippen LogP contribution in [-0.4, -0.2) is 45.0 Å². The number of ether oxygens (including phenoxy) is 2. The number of sulfone groups is 1. The Bertz CT molecular complexity index is 1180. The molecule has 1 heterocycles. The Morgan fingerprint density at radius 2 is 1.88 bits per heavy atom. The minimum atomic E-state index is -4.05. The molecule has 0 radical (unpaired) electrons. The Morgan fingerprint density at radius 1 is 1.19 bits per heavy atom. The van der Waals surface area contributed by atoms with Crippen molar-refractivity contribution in [1.29, 1.82) is 0 Å². The number of aromatic hydroxyl groups is 1. The summed E-state index contributed by atoms with van der Waals surface area (Å²) in [6.07, 6.45) is 0. The van der Waals surface area contributed by atoms with Gasteiger partial charge >= 0.3 is 12.0 Å². The molecule has 0 aliphatic carbocycles.